The maximum Gasteiger partial charge on any atom is 0.305 e. The Balaban J connectivity index is 1.37. The van der Waals surface area contributed by atoms with Gasteiger partial charge in [0.25, 0.3) is 0 Å². The molecule has 0 unspecified atom stereocenters. The Morgan fingerprint density at radius 3 is 2.33 bits per heavy atom. The van der Waals surface area contributed by atoms with Crippen LogP contribution in [0.4, 0.5) is 0 Å². The van der Waals surface area contributed by atoms with Crippen LogP contribution in [0, 0.1) is 5.92 Å². The predicted molar refractivity (Wildman–Crippen MR) is 147 cm³/mol. The molecule has 1 aromatic heterocycles. The Labute approximate surface area is 229 Å². The summed E-state index contributed by atoms with van der Waals surface area (Å²) in [4.78, 5) is 43.0. The Kier molecular flexibility index (Phi) is 10.1. The number of carbonyl (C=O) groups excluding carboxylic acids is 2. The monoisotopic (exact) mass is 529 g/mol. The minimum Gasteiger partial charge on any atom is -0.489 e. The van der Waals surface area contributed by atoms with E-state index < -0.39 is 11.9 Å². The van der Waals surface area contributed by atoms with Crippen molar-refractivity contribution in [2.45, 2.75) is 44.6 Å². The summed E-state index contributed by atoms with van der Waals surface area (Å²) in [6.45, 7) is 1.71. The van der Waals surface area contributed by atoms with Gasteiger partial charge in [0.2, 0.25) is 11.8 Å². The predicted octanol–water partition coefficient (Wildman–Crippen LogP) is 4.21. The summed E-state index contributed by atoms with van der Waals surface area (Å²) in [5.41, 5.74) is 2.96. The molecule has 0 radical (unpaired) electrons. The van der Waals surface area contributed by atoms with Crippen LogP contribution < -0.4 is 10.1 Å². The van der Waals surface area contributed by atoms with Crippen molar-refractivity contribution < 1.29 is 24.2 Å². The van der Waals surface area contributed by atoms with E-state index in [1.54, 1.807) is 12.4 Å². The number of hydrogen-bond acceptors (Lipinski definition) is 5. The second-order valence-electron chi connectivity index (χ2n) is 9.84. The molecule has 2 N–H and O–H groups in total. The lowest BCUT2D eigenvalue weighted by molar-refractivity contribution is -0.137. The highest BCUT2D eigenvalue weighted by Crippen LogP contribution is 2.34. The summed E-state index contributed by atoms with van der Waals surface area (Å²) >= 11 is 0. The zero-order chi connectivity index (χ0) is 27.5. The number of pyridine rings is 1. The fraction of sp³-hybridized carbons (Fsp3) is 0.355. The van der Waals surface area contributed by atoms with Crippen molar-refractivity contribution in [2.75, 3.05) is 19.6 Å². The van der Waals surface area contributed by atoms with Crippen molar-refractivity contribution >= 4 is 17.8 Å². The van der Waals surface area contributed by atoms with Gasteiger partial charge >= 0.3 is 5.97 Å². The average Bonchev–Trinajstić information content (AvgIpc) is 2.97. The molecule has 2 aromatic carbocycles. The molecule has 204 valence electrons. The van der Waals surface area contributed by atoms with Gasteiger partial charge < -0.3 is 20.1 Å². The number of rotatable bonds is 12. The lowest BCUT2D eigenvalue weighted by Crippen LogP contribution is -2.43. The minimum atomic E-state index is -0.954. The Hall–Kier alpha value is -4.20. The highest BCUT2D eigenvalue weighted by molar-refractivity contribution is 5.84. The molecule has 0 spiro atoms. The number of carbonyl (C=O) groups is 3. The lowest BCUT2D eigenvalue weighted by Gasteiger charge is -2.36. The number of carboxylic acids is 1. The van der Waals surface area contributed by atoms with Crippen LogP contribution in [0.15, 0.2) is 79.1 Å². The van der Waals surface area contributed by atoms with Gasteiger partial charge in [-0.05, 0) is 60.1 Å². The van der Waals surface area contributed by atoms with Crippen molar-refractivity contribution in [3.05, 3.63) is 95.8 Å². The molecule has 2 amide bonds. The van der Waals surface area contributed by atoms with Gasteiger partial charge in [-0.25, -0.2) is 0 Å². The highest BCUT2D eigenvalue weighted by Gasteiger charge is 2.33. The van der Waals surface area contributed by atoms with Crippen molar-refractivity contribution in [2.24, 2.45) is 5.92 Å². The van der Waals surface area contributed by atoms with Crippen molar-refractivity contribution in [3.63, 3.8) is 0 Å². The zero-order valence-electron chi connectivity index (χ0n) is 22.0. The van der Waals surface area contributed by atoms with Crippen LogP contribution in [-0.2, 0) is 27.4 Å². The van der Waals surface area contributed by atoms with Crippen LogP contribution in [0.1, 0.15) is 48.3 Å². The Morgan fingerprint density at radius 2 is 1.67 bits per heavy atom. The number of hydrogen-bond donors (Lipinski definition) is 2. The van der Waals surface area contributed by atoms with Crippen LogP contribution in [-0.4, -0.2) is 52.4 Å². The van der Waals surface area contributed by atoms with E-state index in [2.05, 4.69) is 10.3 Å². The number of nitrogens with zero attached hydrogens (tertiary/aromatic N) is 2. The molecule has 2 heterocycles. The molecular weight excluding hydrogens is 494 g/mol. The molecule has 1 saturated heterocycles. The number of aromatic nitrogens is 1. The quantitative estimate of drug-likeness (QED) is 0.364. The largest absolute Gasteiger partial charge is 0.489 e. The fourth-order valence-corrected chi connectivity index (χ4v) is 4.99. The molecule has 1 atom stereocenters. The zero-order valence-corrected chi connectivity index (χ0v) is 22.0. The van der Waals surface area contributed by atoms with Gasteiger partial charge in [-0.15, -0.1) is 0 Å². The normalized spacial score (nSPS) is 14.4. The topological polar surface area (TPSA) is 109 Å². The highest BCUT2D eigenvalue weighted by atomic mass is 16.5. The van der Waals surface area contributed by atoms with Crippen LogP contribution >= 0.6 is 0 Å². The van der Waals surface area contributed by atoms with Gasteiger partial charge in [0.05, 0.1) is 12.3 Å². The summed E-state index contributed by atoms with van der Waals surface area (Å²) in [5, 5.41) is 11.8. The van der Waals surface area contributed by atoms with E-state index in [-0.39, 0.29) is 30.7 Å². The van der Waals surface area contributed by atoms with Crippen molar-refractivity contribution in [3.8, 4) is 5.75 Å². The smallest absolute Gasteiger partial charge is 0.305 e. The third-order valence-corrected chi connectivity index (χ3v) is 7.12. The van der Waals surface area contributed by atoms with Gasteiger partial charge in [-0.1, -0.05) is 48.5 Å². The van der Waals surface area contributed by atoms with Crippen molar-refractivity contribution in [1.29, 1.82) is 0 Å². The van der Waals surface area contributed by atoms with Crippen LogP contribution in [0.25, 0.3) is 0 Å². The average molecular weight is 530 g/mol. The number of benzene rings is 2. The summed E-state index contributed by atoms with van der Waals surface area (Å²) < 4.78 is 5.91. The van der Waals surface area contributed by atoms with Crippen molar-refractivity contribution in [1.82, 2.24) is 15.2 Å². The maximum absolute atomic E-state index is 13.3. The van der Waals surface area contributed by atoms with Crippen LogP contribution in [0.2, 0.25) is 0 Å². The lowest BCUT2D eigenvalue weighted by atomic mass is 9.79. The molecule has 3 aromatic rings. The minimum absolute atomic E-state index is 0.0355. The third-order valence-electron chi connectivity index (χ3n) is 7.12. The molecular formula is C31H35N3O5. The molecule has 1 fully saturated rings. The van der Waals surface area contributed by atoms with Crippen LogP contribution in [0.5, 0.6) is 5.75 Å². The van der Waals surface area contributed by atoms with E-state index in [9.17, 15) is 14.4 Å². The Morgan fingerprint density at radius 1 is 0.949 bits per heavy atom. The second-order valence-corrected chi connectivity index (χ2v) is 9.84. The number of likely N-dealkylation sites (tertiary alicyclic amines) is 1. The summed E-state index contributed by atoms with van der Waals surface area (Å²) in [6.07, 6.45) is 5.85. The van der Waals surface area contributed by atoms with Gasteiger partial charge in [-0.3, -0.25) is 19.4 Å². The van der Waals surface area contributed by atoms with E-state index in [0.29, 0.717) is 51.1 Å². The molecule has 1 aliphatic heterocycles. The summed E-state index contributed by atoms with van der Waals surface area (Å²) in [7, 11) is 0. The summed E-state index contributed by atoms with van der Waals surface area (Å²) in [6, 6.07) is 21.3. The third kappa shape index (κ3) is 8.40. The first-order valence-corrected chi connectivity index (χ1v) is 13.4. The number of piperidine rings is 1. The number of ether oxygens (including phenoxy) is 1. The van der Waals surface area contributed by atoms with Gasteiger partial charge in [0, 0.05) is 38.4 Å². The molecule has 0 saturated carbocycles. The first kappa shape index (κ1) is 27.8. The van der Waals surface area contributed by atoms with E-state index in [1.807, 2.05) is 71.6 Å². The number of carboxylic acid groups (broad SMARTS) is 1. The second kappa shape index (κ2) is 14.1. The van der Waals surface area contributed by atoms with Gasteiger partial charge in [0.15, 0.2) is 0 Å². The molecule has 1 aliphatic rings. The van der Waals surface area contributed by atoms with Gasteiger partial charge in [-0.2, -0.15) is 0 Å². The van der Waals surface area contributed by atoms with E-state index in [1.165, 1.54) is 0 Å². The number of aliphatic carboxylic acids is 1. The van der Waals surface area contributed by atoms with Crippen LogP contribution in [0.3, 0.4) is 0 Å². The molecule has 0 aliphatic carbocycles. The van der Waals surface area contributed by atoms with Gasteiger partial charge in [0.1, 0.15) is 12.4 Å². The molecule has 4 rings (SSSR count). The SMILES string of the molecule is O=C(O)CCNC(=O)[C@H](c1ccc(OCc2ccccc2)cc1)C1CCN(C(=O)CCc2cccnc2)CC1. The molecule has 39 heavy (non-hydrogen) atoms. The van der Waals surface area contributed by atoms with E-state index >= 15 is 0 Å². The number of aryl methyl sites for hydroxylation is 1. The first-order valence-electron chi connectivity index (χ1n) is 13.4. The van der Waals surface area contributed by atoms with E-state index in [4.69, 9.17) is 9.84 Å². The number of amides is 2. The standard InChI is InChI=1S/C31H35N3O5/c35-28(13-8-23-7-4-17-32-21-23)34-19-15-26(16-20-34)30(31(38)33-18-14-29(36)37)25-9-11-27(12-10-25)39-22-24-5-2-1-3-6-24/h1-7,9-12,17,21,26,30H,8,13-16,18-20,22H2,(H,33,38)(H,36,37)/t30-/m1/s1. The number of nitrogens with one attached hydrogen (secondary N) is 1. The molecule has 8 heteroatoms. The maximum atomic E-state index is 13.3. The molecule has 0 bridgehead atoms. The molecule has 8 nitrogen and oxygen atoms in total. The summed E-state index contributed by atoms with van der Waals surface area (Å²) in [5.74, 6) is -0.718. The Bertz CT molecular complexity index is 1210. The first-order chi connectivity index (χ1) is 19.0. The van der Waals surface area contributed by atoms with E-state index in [0.717, 1.165) is 16.7 Å². The fourth-order valence-electron chi connectivity index (χ4n) is 4.99.